The largest absolute Gasteiger partial charge is 0.481 e. The number of carboxylic acids is 1. The molecular formula is C15H28N2O3. The number of carbonyl (C=O) groups excluding carboxylic acids is 1. The van der Waals surface area contributed by atoms with E-state index in [2.05, 4.69) is 12.2 Å². The molecule has 0 spiro atoms. The standard InChI is InChI=1S/C15H28N2O3/c1-5-11-6-7-17(10-11)14(20)16-9-12(13(18)19)8-15(2,3)4/h11-12H,5-10H2,1-4H3,(H,16,20)(H,18,19). The van der Waals surface area contributed by atoms with Gasteiger partial charge in [0, 0.05) is 19.6 Å². The van der Waals surface area contributed by atoms with Crippen molar-refractivity contribution in [2.45, 2.75) is 47.0 Å². The van der Waals surface area contributed by atoms with Crippen molar-refractivity contribution >= 4 is 12.0 Å². The lowest BCUT2D eigenvalue weighted by molar-refractivity contribution is -0.142. The second kappa shape index (κ2) is 6.95. The number of hydrogen-bond acceptors (Lipinski definition) is 2. The number of urea groups is 1. The van der Waals surface area contributed by atoms with E-state index in [4.69, 9.17) is 0 Å². The molecule has 2 N–H and O–H groups in total. The molecule has 0 aliphatic carbocycles. The number of amides is 2. The summed E-state index contributed by atoms with van der Waals surface area (Å²) in [6, 6.07) is -0.124. The van der Waals surface area contributed by atoms with E-state index in [0.717, 1.165) is 25.9 Å². The highest BCUT2D eigenvalue weighted by atomic mass is 16.4. The van der Waals surface area contributed by atoms with Crippen molar-refractivity contribution in [2.75, 3.05) is 19.6 Å². The van der Waals surface area contributed by atoms with Crippen molar-refractivity contribution in [1.82, 2.24) is 10.2 Å². The van der Waals surface area contributed by atoms with Crippen LogP contribution >= 0.6 is 0 Å². The zero-order chi connectivity index (χ0) is 15.3. The van der Waals surface area contributed by atoms with E-state index in [-0.39, 0.29) is 18.0 Å². The lowest BCUT2D eigenvalue weighted by atomic mass is 9.84. The fourth-order valence-electron chi connectivity index (χ4n) is 2.66. The fourth-order valence-corrected chi connectivity index (χ4v) is 2.66. The maximum absolute atomic E-state index is 12.0. The van der Waals surface area contributed by atoms with Crippen molar-refractivity contribution in [1.29, 1.82) is 0 Å². The Balaban J connectivity index is 2.43. The van der Waals surface area contributed by atoms with Gasteiger partial charge in [-0.15, -0.1) is 0 Å². The monoisotopic (exact) mass is 284 g/mol. The maximum Gasteiger partial charge on any atom is 0.317 e. The van der Waals surface area contributed by atoms with Gasteiger partial charge in [0.1, 0.15) is 0 Å². The van der Waals surface area contributed by atoms with Crippen LogP contribution in [0.2, 0.25) is 0 Å². The van der Waals surface area contributed by atoms with Crippen molar-refractivity contribution in [3.63, 3.8) is 0 Å². The quantitative estimate of drug-likeness (QED) is 0.815. The zero-order valence-corrected chi connectivity index (χ0v) is 13.1. The molecule has 0 radical (unpaired) electrons. The number of nitrogens with one attached hydrogen (secondary N) is 1. The second-order valence-electron chi connectivity index (χ2n) is 6.99. The highest BCUT2D eigenvalue weighted by molar-refractivity contribution is 5.76. The smallest absolute Gasteiger partial charge is 0.317 e. The molecule has 1 rings (SSSR count). The average molecular weight is 284 g/mol. The van der Waals surface area contributed by atoms with Gasteiger partial charge in [-0.1, -0.05) is 34.1 Å². The minimum absolute atomic E-state index is 0.0608. The molecule has 2 atom stereocenters. The first-order chi connectivity index (χ1) is 9.23. The third-order valence-electron chi connectivity index (χ3n) is 3.86. The Morgan fingerprint density at radius 3 is 2.50 bits per heavy atom. The van der Waals surface area contributed by atoms with Gasteiger partial charge < -0.3 is 15.3 Å². The molecule has 5 nitrogen and oxygen atoms in total. The van der Waals surface area contributed by atoms with Gasteiger partial charge >= 0.3 is 12.0 Å². The van der Waals surface area contributed by atoms with Crippen LogP contribution < -0.4 is 5.32 Å². The van der Waals surface area contributed by atoms with E-state index < -0.39 is 11.9 Å². The predicted molar refractivity (Wildman–Crippen MR) is 78.6 cm³/mol. The molecule has 1 saturated heterocycles. The number of carbonyl (C=O) groups is 2. The first kappa shape index (κ1) is 16.8. The minimum Gasteiger partial charge on any atom is -0.481 e. The molecule has 2 amide bonds. The summed E-state index contributed by atoms with van der Waals surface area (Å²) in [5.41, 5.74) is -0.0608. The highest BCUT2D eigenvalue weighted by Gasteiger charge is 2.28. The van der Waals surface area contributed by atoms with Crippen LogP contribution in [0.3, 0.4) is 0 Å². The van der Waals surface area contributed by atoms with Gasteiger partial charge in [0.25, 0.3) is 0 Å². The van der Waals surface area contributed by atoms with E-state index >= 15 is 0 Å². The van der Waals surface area contributed by atoms with E-state index in [0.29, 0.717) is 12.3 Å². The number of likely N-dealkylation sites (tertiary alicyclic amines) is 1. The minimum atomic E-state index is -0.840. The van der Waals surface area contributed by atoms with Crippen molar-refractivity contribution < 1.29 is 14.7 Å². The lowest BCUT2D eigenvalue weighted by Gasteiger charge is -2.24. The van der Waals surface area contributed by atoms with Crippen LogP contribution in [-0.2, 0) is 4.79 Å². The Labute approximate surface area is 121 Å². The Morgan fingerprint density at radius 2 is 2.05 bits per heavy atom. The first-order valence-corrected chi connectivity index (χ1v) is 7.48. The summed E-state index contributed by atoms with van der Waals surface area (Å²) in [5, 5.41) is 12.0. The number of rotatable bonds is 5. The van der Waals surface area contributed by atoms with Gasteiger partial charge in [-0.25, -0.2) is 4.79 Å². The van der Waals surface area contributed by atoms with Gasteiger partial charge in [0.15, 0.2) is 0 Å². The molecule has 2 unspecified atom stereocenters. The molecule has 0 aromatic heterocycles. The molecule has 1 heterocycles. The summed E-state index contributed by atoms with van der Waals surface area (Å²) in [6.45, 7) is 9.94. The van der Waals surface area contributed by atoms with E-state index in [9.17, 15) is 14.7 Å². The van der Waals surface area contributed by atoms with E-state index in [1.165, 1.54) is 0 Å². The van der Waals surface area contributed by atoms with Gasteiger partial charge in [0.2, 0.25) is 0 Å². The number of aliphatic carboxylic acids is 1. The summed E-state index contributed by atoms with van der Waals surface area (Å²) in [6.07, 6.45) is 2.69. The Morgan fingerprint density at radius 1 is 1.40 bits per heavy atom. The summed E-state index contributed by atoms with van der Waals surface area (Å²) in [5.74, 6) is -0.776. The van der Waals surface area contributed by atoms with Crippen LogP contribution in [0.15, 0.2) is 0 Å². The molecule has 0 bridgehead atoms. The molecule has 116 valence electrons. The van der Waals surface area contributed by atoms with Crippen LogP contribution in [0.5, 0.6) is 0 Å². The summed E-state index contributed by atoms with van der Waals surface area (Å²) in [4.78, 5) is 25.1. The van der Waals surface area contributed by atoms with Crippen molar-refractivity contribution in [3.8, 4) is 0 Å². The van der Waals surface area contributed by atoms with Crippen LogP contribution in [-0.4, -0.2) is 41.6 Å². The number of nitrogens with zero attached hydrogens (tertiary/aromatic N) is 1. The average Bonchev–Trinajstić information content (AvgIpc) is 2.81. The zero-order valence-electron chi connectivity index (χ0n) is 13.1. The van der Waals surface area contributed by atoms with Crippen LogP contribution in [0.4, 0.5) is 4.79 Å². The molecule has 0 aromatic carbocycles. The van der Waals surface area contributed by atoms with Crippen LogP contribution in [0, 0.1) is 17.3 Å². The normalized spacial score (nSPS) is 20.8. The number of carboxylic acid groups (broad SMARTS) is 1. The van der Waals surface area contributed by atoms with Crippen LogP contribution in [0.1, 0.15) is 47.0 Å². The Kier molecular flexibility index (Phi) is 5.84. The molecule has 1 aliphatic rings. The number of hydrogen-bond donors (Lipinski definition) is 2. The summed E-state index contributed by atoms with van der Waals surface area (Å²) < 4.78 is 0. The summed E-state index contributed by atoms with van der Waals surface area (Å²) >= 11 is 0. The SMILES string of the molecule is CCC1CCN(C(=O)NCC(CC(C)(C)C)C(=O)O)C1. The summed E-state index contributed by atoms with van der Waals surface area (Å²) in [7, 11) is 0. The van der Waals surface area contributed by atoms with Gasteiger partial charge in [-0.2, -0.15) is 0 Å². The molecule has 0 aromatic rings. The molecule has 0 saturated carbocycles. The van der Waals surface area contributed by atoms with Crippen LogP contribution in [0.25, 0.3) is 0 Å². The van der Waals surface area contributed by atoms with Gasteiger partial charge in [0.05, 0.1) is 5.92 Å². The predicted octanol–water partition coefficient (Wildman–Crippen LogP) is 2.56. The first-order valence-electron chi connectivity index (χ1n) is 7.48. The topological polar surface area (TPSA) is 69.6 Å². The maximum atomic E-state index is 12.0. The van der Waals surface area contributed by atoms with Gasteiger partial charge in [-0.3, -0.25) is 4.79 Å². The van der Waals surface area contributed by atoms with Gasteiger partial charge in [-0.05, 0) is 24.2 Å². The third-order valence-corrected chi connectivity index (χ3v) is 3.86. The van der Waals surface area contributed by atoms with E-state index in [1.807, 2.05) is 20.8 Å². The lowest BCUT2D eigenvalue weighted by Crippen LogP contribution is -2.42. The molecular weight excluding hydrogens is 256 g/mol. The molecule has 20 heavy (non-hydrogen) atoms. The Hall–Kier alpha value is -1.26. The highest BCUT2D eigenvalue weighted by Crippen LogP contribution is 2.24. The van der Waals surface area contributed by atoms with Crippen molar-refractivity contribution in [2.24, 2.45) is 17.3 Å². The van der Waals surface area contributed by atoms with Crippen molar-refractivity contribution in [3.05, 3.63) is 0 Å². The molecule has 5 heteroatoms. The molecule has 1 fully saturated rings. The second-order valence-corrected chi connectivity index (χ2v) is 6.99. The molecule has 1 aliphatic heterocycles. The third kappa shape index (κ3) is 5.39. The fraction of sp³-hybridized carbons (Fsp3) is 0.867. The van der Waals surface area contributed by atoms with E-state index in [1.54, 1.807) is 4.90 Å². The Bertz CT molecular complexity index is 350.